The van der Waals surface area contributed by atoms with Crippen LogP contribution in [0.4, 0.5) is 0 Å². The lowest BCUT2D eigenvalue weighted by Crippen LogP contribution is -2.56. The minimum Gasteiger partial charge on any atom is -0.507 e. The van der Waals surface area contributed by atoms with E-state index in [2.05, 4.69) is 5.32 Å². The van der Waals surface area contributed by atoms with Crippen LogP contribution in [-0.4, -0.2) is 116 Å². The summed E-state index contributed by atoms with van der Waals surface area (Å²) in [4.78, 5) is 77.8. The van der Waals surface area contributed by atoms with Gasteiger partial charge in [0.1, 0.15) is 35.6 Å². The number of ketones is 3. The van der Waals surface area contributed by atoms with E-state index in [1.807, 2.05) is 0 Å². The molecule has 3 amide bonds. The molecule has 16 nitrogen and oxygen atoms in total. The summed E-state index contributed by atoms with van der Waals surface area (Å²) in [5, 5.41) is 57.9. The molecule has 2 heterocycles. The summed E-state index contributed by atoms with van der Waals surface area (Å²) >= 11 is 0. The van der Waals surface area contributed by atoms with Crippen molar-refractivity contribution >= 4 is 35.1 Å². The van der Waals surface area contributed by atoms with Crippen molar-refractivity contribution in [3.63, 3.8) is 0 Å². The molecule has 2 aromatic rings. The van der Waals surface area contributed by atoms with Gasteiger partial charge >= 0.3 is 0 Å². The van der Waals surface area contributed by atoms with Gasteiger partial charge in [-0.15, -0.1) is 0 Å². The number of fused-ring (bicyclic) bond motifs is 3. The van der Waals surface area contributed by atoms with Gasteiger partial charge in [0.15, 0.2) is 17.9 Å². The van der Waals surface area contributed by atoms with E-state index in [-0.39, 0.29) is 53.8 Å². The highest BCUT2D eigenvalue weighted by molar-refractivity contribution is 6.31. The molecule has 1 saturated heterocycles. The topological polar surface area (TPSA) is 247 Å². The fourth-order valence-corrected chi connectivity index (χ4v) is 7.19. The van der Waals surface area contributed by atoms with E-state index in [9.17, 15) is 54.3 Å². The molecule has 0 saturated carbocycles. The third-order valence-corrected chi connectivity index (χ3v) is 9.79. The third-order valence-electron chi connectivity index (χ3n) is 9.79. The van der Waals surface area contributed by atoms with E-state index in [1.54, 1.807) is 0 Å². The maximum atomic E-state index is 13.9. The Balaban J connectivity index is 1.29. The molecule has 2 aromatic carbocycles. The second-order valence-corrected chi connectivity index (χ2v) is 12.9. The standard InChI is InChI=1S/C35H36N2O14/c1-15-30(43)18(36-22(40)7-4-10-37-23(41)8-9-24(37)42)11-25(50-15)51-20-13-35(48,21(39)14-38)12-17-27(20)34(47)29-28(32(17)45)31(44)16-5-3-6-19(49-2)26(16)33(29)46/h3,5-6,8-9,15,18,20,25,30,38,43,45,47-48H,4,7,10-14H2,1-2H3,(H,36,40)/t15-,18-,20-,25-,30+,35?/m0/s1. The Hall–Kier alpha value is -5.00. The van der Waals surface area contributed by atoms with Crippen molar-refractivity contribution in [2.75, 3.05) is 20.3 Å². The number of phenols is 2. The van der Waals surface area contributed by atoms with Gasteiger partial charge < -0.3 is 45.1 Å². The number of phenolic OH excluding ortho intramolecular Hbond substituents is 2. The minimum absolute atomic E-state index is 0.0135. The zero-order valence-electron chi connectivity index (χ0n) is 27.6. The monoisotopic (exact) mass is 708 g/mol. The number of hydrogen-bond donors (Lipinski definition) is 6. The molecule has 0 bridgehead atoms. The summed E-state index contributed by atoms with van der Waals surface area (Å²) in [5.74, 6) is -5.61. The average Bonchev–Trinajstić information content (AvgIpc) is 3.42. The predicted octanol–water partition coefficient (Wildman–Crippen LogP) is -0.136. The van der Waals surface area contributed by atoms with Gasteiger partial charge in [-0.1, -0.05) is 12.1 Å². The number of amides is 3. The van der Waals surface area contributed by atoms with Crippen molar-refractivity contribution in [1.82, 2.24) is 10.2 Å². The molecule has 270 valence electrons. The second-order valence-electron chi connectivity index (χ2n) is 12.9. The van der Waals surface area contributed by atoms with E-state index >= 15 is 0 Å². The number of hydrogen-bond acceptors (Lipinski definition) is 14. The first-order chi connectivity index (χ1) is 24.2. The number of ether oxygens (including phenoxy) is 3. The summed E-state index contributed by atoms with van der Waals surface area (Å²) < 4.78 is 17.3. The van der Waals surface area contributed by atoms with Gasteiger partial charge in [0, 0.05) is 61.1 Å². The highest BCUT2D eigenvalue weighted by Gasteiger charge is 2.50. The van der Waals surface area contributed by atoms with Crippen molar-refractivity contribution in [2.24, 2.45) is 0 Å². The first kappa shape index (κ1) is 35.8. The molecule has 51 heavy (non-hydrogen) atoms. The van der Waals surface area contributed by atoms with Gasteiger partial charge in [0.25, 0.3) is 11.8 Å². The molecule has 1 fully saturated rings. The average molecular weight is 709 g/mol. The fraction of sp³-hybridized carbons (Fsp3) is 0.429. The molecule has 0 radical (unpaired) electrons. The number of carbonyl (C=O) groups is 6. The Morgan fingerprint density at radius 2 is 1.73 bits per heavy atom. The number of Topliss-reactive ketones (excluding diaryl/α,β-unsaturated/α-hetero) is 1. The van der Waals surface area contributed by atoms with Crippen LogP contribution in [0.5, 0.6) is 17.2 Å². The largest absolute Gasteiger partial charge is 0.507 e. The lowest BCUT2D eigenvalue weighted by atomic mass is 9.72. The maximum Gasteiger partial charge on any atom is 0.253 e. The highest BCUT2D eigenvalue weighted by Crippen LogP contribution is 2.52. The number of nitrogens with one attached hydrogen (secondary N) is 1. The van der Waals surface area contributed by atoms with Gasteiger partial charge in [-0.2, -0.15) is 0 Å². The maximum absolute atomic E-state index is 13.9. The van der Waals surface area contributed by atoms with Crippen LogP contribution in [0.2, 0.25) is 0 Å². The van der Waals surface area contributed by atoms with Crippen LogP contribution in [0.3, 0.4) is 0 Å². The minimum atomic E-state index is -2.35. The number of nitrogens with zero attached hydrogens (tertiary/aromatic N) is 1. The number of imide groups is 1. The molecular weight excluding hydrogens is 672 g/mol. The van der Waals surface area contributed by atoms with Gasteiger partial charge in [0.05, 0.1) is 42.0 Å². The smallest absolute Gasteiger partial charge is 0.253 e. The van der Waals surface area contributed by atoms with Crippen LogP contribution in [-0.2, 0) is 35.1 Å². The lowest BCUT2D eigenvalue weighted by molar-refractivity contribution is -0.249. The van der Waals surface area contributed by atoms with E-state index < -0.39 is 113 Å². The predicted molar refractivity (Wildman–Crippen MR) is 171 cm³/mol. The van der Waals surface area contributed by atoms with Crippen molar-refractivity contribution in [2.45, 2.75) is 75.3 Å². The number of carbonyl (C=O) groups excluding carboxylic acids is 6. The van der Waals surface area contributed by atoms with E-state index in [0.717, 1.165) is 17.1 Å². The molecule has 2 aliphatic heterocycles. The van der Waals surface area contributed by atoms with E-state index in [4.69, 9.17) is 14.2 Å². The molecule has 6 rings (SSSR count). The molecular formula is C35H36N2O14. The number of rotatable bonds is 10. The summed E-state index contributed by atoms with van der Waals surface area (Å²) in [6, 6.07) is 3.33. The lowest BCUT2D eigenvalue weighted by Gasteiger charge is -2.43. The van der Waals surface area contributed by atoms with Crippen molar-refractivity contribution in [3.05, 3.63) is 63.7 Å². The molecule has 1 unspecified atom stereocenters. The number of benzene rings is 2. The zero-order valence-corrected chi connectivity index (χ0v) is 27.6. The number of aliphatic hydroxyl groups is 3. The summed E-state index contributed by atoms with van der Waals surface area (Å²) in [5.41, 5.74) is -4.14. The van der Waals surface area contributed by atoms with Gasteiger partial charge in [-0.05, 0) is 19.4 Å². The summed E-state index contributed by atoms with van der Waals surface area (Å²) in [7, 11) is 1.30. The first-order valence-electron chi connectivity index (χ1n) is 16.3. The molecule has 2 aliphatic carbocycles. The normalized spacial score (nSPS) is 26.8. The fourth-order valence-electron chi connectivity index (χ4n) is 7.19. The van der Waals surface area contributed by atoms with Crippen LogP contribution in [0.15, 0.2) is 30.4 Å². The van der Waals surface area contributed by atoms with Crippen LogP contribution >= 0.6 is 0 Å². The summed E-state index contributed by atoms with van der Waals surface area (Å²) in [6.07, 6.45) is -3.97. The highest BCUT2D eigenvalue weighted by atomic mass is 16.7. The Morgan fingerprint density at radius 3 is 2.39 bits per heavy atom. The van der Waals surface area contributed by atoms with Crippen LogP contribution in [0.25, 0.3) is 0 Å². The molecule has 0 spiro atoms. The first-order valence-corrected chi connectivity index (χ1v) is 16.3. The quantitative estimate of drug-likeness (QED) is 0.119. The van der Waals surface area contributed by atoms with Crippen molar-refractivity contribution in [3.8, 4) is 17.2 Å². The Morgan fingerprint density at radius 1 is 1.04 bits per heavy atom. The third kappa shape index (κ3) is 6.18. The van der Waals surface area contributed by atoms with Crippen molar-refractivity contribution < 1.29 is 68.5 Å². The Kier molecular flexibility index (Phi) is 9.56. The van der Waals surface area contributed by atoms with E-state index in [0.29, 0.717) is 0 Å². The number of aliphatic hydroxyl groups excluding tert-OH is 2. The van der Waals surface area contributed by atoms with Crippen LogP contribution in [0, 0.1) is 0 Å². The molecule has 6 N–H and O–H groups in total. The molecule has 4 aliphatic rings. The number of methoxy groups -OCH3 is 1. The summed E-state index contributed by atoms with van der Waals surface area (Å²) in [6.45, 7) is 0.431. The van der Waals surface area contributed by atoms with Gasteiger partial charge in [-0.25, -0.2) is 0 Å². The second kappa shape index (κ2) is 13.6. The SMILES string of the molecule is COc1cccc2c1C(=O)c1c(O)c3c(c(O)c1C2=O)CC(O)(C(=O)CO)C[C@@H]3O[C@H]1C[C@H](NC(=O)CCCN2C(=O)C=CC2=O)[C@H](O)[C@H](C)O1. The van der Waals surface area contributed by atoms with Crippen molar-refractivity contribution in [1.29, 1.82) is 0 Å². The van der Waals surface area contributed by atoms with Gasteiger partial charge in [0.2, 0.25) is 11.7 Å². The van der Waals surface area contributed by atoms with Crippen LogP contribution < -0.4 is 10.1 Å². The molecule has 16 heteroatoms. The molecule has 0 aromatic heterocycles. The number of aromatic hydroxyl groups is 2. The Bertz CT molecular complexity index is 1870. The Labute approximate surface area is 290 Å². The van der Waals surface area contributed by atoms with Crippen LogP contribution in [0.1, 0.15) is 81.7 Å². The van der Waals surface area contributed by atoms with E-state index in [1.165, 1.54) is 32.2 Å². The zero-order chi connectivity index (χ0) is 36.9. The van der Waals surface area contributed by atoms with Gasteiger partial charge in [-0.3, -0.25) is 33.7 Å². The molecule has 6 atom stereocenters.